The van der Waals surface area contributed by atoms with Crippen LogP contribution < -0.4 is 4.74 Å². The lowest BCUT2D eigenvalue weighted by Crippen LogP contribution is -2.01. The fourth-order valence-electron chi connectivity index (χ4n) is 1.55. The third-order valence-electron chi connectivity index (χ3n) is 2.37. The fourth-order valence-corrected chi connectivity index (χ4v) is 2.22. The zero-order valence-corrected chi connectivity index (χ0v) is 10.7. The monoisotopic (exact) mass is 297 g/mol. The first-order valence-corrected chi connectivity index (χ1v) is 6.23. The molecule has 0 unspecified atom stereocenters. The normalized spacial score (nSPS) is 10.2. The van der Waals surface area contributed by atoms with E-state index in [1.165, 1.54) is 12.1 Å². The minimum Gasteiger partial charge on any atom is -0.487 e. The van der Waals surface area contributed by atoms with Crippen LogP contribution >= 0.6 is 11.3 Å². The van der Waals surface area contributed by atoms with E-state index in [0.29, 0.717) is 0 Å². The Kier molecular flexibility index (Phi) is 3.94. The van der Waals surface area contributed by atoms with Crippen molar-refractivity contribution in [3.63, 3.8) is 0 Å². The predicted octanol–water partition coefficient (Wildman–Crippen LogP) is 3.07. The highest BCUT2D eigenvalue weighted by Gasteiger charge is 2.14. The largest absolute Gasteiger partial charge is 0.487 e. The summed E-state index contributed by atoms with van der Waals surface area (Å²) in [6.45, 7) is -0.157. The Morgan fingerprint density at radius 1 is 1.45 bits per heavy atom. The molecule has 1 aromatic heterocycles. The van der Waals surface area contributed by atoms with Crippen molar-refractivity contribution in [3.05, 3.63) is 56.0 Å². The van der Waals surface area contributed by atoms with Crippen molar-refractivity contribution in [1.82, 2.24) is 0 Å². The third kappa shape index (κ3) is 3.09. The van der Waals surface area contributed by atoms with E-state index in [1.54, 1.807) is 5.38 Å². The molecule has 0 aliphatic carbocycles. The minimum absolute atomic E-state index is 0.0240. The molecule has 1 N–H and O–H groups in total. The zero-order valence-electron chi connectivity index (χ0n) is 9.91. The second-order valence-corrected chi connectivity index (χ2v) is 4.70. The highest BCUT2D eigenvalue weighted by Crippen LogP contribution is 2.26. The van der Waals surface area contributed by atoms with Gasteiger partial charge in [0.2, 0.25) is 0 Å². The molecule has 0 spiro atoms. The molecule has 1 aromatic carbocycles. The summed E-state index contributed by atoms with van der Waals surface area (Å²) >= 11 is 0.997. The van der Waals surface area contributed by atoms with Gasteiger partial charge in [-0.3, -0.25) is 10.1 Å². The van der Waals surface area contributed by atoms with Crippen molar-refractivity contribution in [3.8, 4) is 5.75 Å². The number of hydrogen-bond acceptors (Lipinski definition) is 5. The number of nitro groups is 1. The molecule has 0 bridgehead atoms. The first-order chi connectivity index (χ1) is 9.47. The SMILES string of the molecule is O=C(O)c1sccc1OCc1cc(F)cc([N+](=O)[O-])c1. The molecule has 0 amide bonds. The van der Waals surface area contributed by atoms with Crippen LogP contribution in [0.5, 0.6) is 5.75 Å². The van der Waals surface area contributed by atoms with Gasteiger partial charge >= 0.3 is 5.97 Å². The highest BCUT2D eigenvalue weighted by atomic mass is 32.1. The second-order valence-electron chi connectivity index (χ2n) is 3.78. The summed E-state index contributed by atoms with van der Waals surface area (Å²) in [5, 5.41) is 21.0. The smallest absolute Gasteiger partial charge is 0.349 e. The van der Waals surface area contributed by atoms with Crippen LogP contribution in [0.4, 0.5) is 10.1 Å². The van der Waals surface area contributed by atoms with E-state index >= 15 is 0 Å². The summed E-state index contributed by atoms with van der Waals surface area (Å²) in [6, 6.07) is 4.55. The predicted molar refractivity (Wildman–Crippen MR) is 68.7 cm³/mol. The van der Waals surface area contributed by atoms with Crippen molar-refractivity contribution in [2.24, 2.45) is 0 Å². The van der Waals surface area contributed by atoms with Crippen LogP contribution in [-0.2, 0) is 6.61 Å². The minimum atomic E-state index is -1.12. The van der Waals surface area contributed by atoms with E-state index < -0.39 is 16.7 Å². The molecule has 8 heteroatoms. The van der Waals surface area contributed by atoms with Gasteiger partial charge in [-0.15, -0.1) is 11.3 Å². The lowest BCUT2D eigenvalue weighted by molar-refractivity contribution is -0.385. The Balaban J connectivity index is 2.16. The standard InChI is InChI=1S/C12H8FNO5S/c13-8-3-7(4-9(5-8)14(17)18)6-19-10-1-2-20-11(10)12(15)16/h1-5H,6H2,(H,15,16). The summed E-state index contributed by atoms with van der Waals surface area (Å²) < 4.78 is 18.5. The molecule has 2 rings (SSSR count). The number of ether oxygens (including phenoxy) is 1. The molecule has 0 saturated heterocycles. The molecule has 104 valence electrons. The molecule has 0 saturated carbocycles. The van der Waals surface area contributed by atoms with Crippen molar-refractivity contribution in [2.75, 3.05) is 0 Å². The number of thiophene rings is 1. The van der Waals surface area contributed by atoms with Crippen LogP contribution in [-0.4, -0.2) is 16.0 Å². The summed E-state index contributed by atoms with van der Waals surface area (Å²) in [7, 11) is 0. The zero-order chi connectivity index (χ0) is 14.7. The molecule has 6 nitrogen and oxygen atoms in total. The first kappa shape index (κ1) is 13.9. The van der Waals surface area contributed by atoms with Crippen LogP contribution in [0.25, 0.3) is 0 Å². The number of aromatic carboxylic acids is 1. The number of hydrogen-bond donors (Lipinski definition) is 1. The number of nitrogens with zero attached hydrogens (tertiary/aromatic N) is 1. The van der Waals surface area contributed by atoms with E-state index in [-0.39, 0.29) is 28.5 Å². The van der Waals surface area contributed by atoms with Gasteiger partial charge in [0.05, 0.1) is 11.0 Å². The number of carbonyl (C=O) groups is 1. The number of nitro benzene ring substituents is 1. The summed E-state index contributed by atoms with van der Waals surface area (Å²) in [6.07, 6.45) is 0. The van der Waals surface area contributed by atoms with Gasteiger partial charge in [0, 0.05) is 6.07 Å². The van der Waals surface area contributed by atoms with Crippen LogP contribution in [0.3, 0.4) is 0 Å². The molecule has 0 radical (unpaired) electrons. The van der Waals surface area contributed by atoms with Crippen molar-refractivity contribution in [1.29, 1.82) is 0 Å². The van der Waals surface area contributed by atoms with Gasteiger partial charge in [0.15, 0.2) is 4.88 Å². The van der Waals surface area contributed by atoms with Gasteiger partial charge in [-0.1, -0.05) is 0 Å². The van der Waals surface area contributed by atoms with E-state index in [1.807, 2.05) is 0 Å². The topological polar surface area (TPSA) is 89.7 Å². The van der Waals surface area contributed by atoms with E-state index in [4.69, 9.17) is 9.84 Å². The van der Waals surface area contributed by atoms with Crippen LogP contribution in [0.2, 0.25) is 0 Å². The lowest BCUT2D eigenvalue weighted by atomic mass is 10.2. The van der Waals surface area contributed by atoms with E-state index in [0.717, 1.165) is 23.5 Å². The van der Waals surface area contributed by atoms with Crippen molar-refractivity contribution in [2.45, 2.75) is 6.61 Å². The molecule has 0 atom stereocenters. The van der Waals surface area contributed by atoms with Crippen LogP contribution in [0.1, 0.15) is 15.2 Å². The summed E-state index contributed by atoms with van der Waals surface area (Å²) in [5.74, 6) is -1.73. The number of carboxylic acids is 1. The maximum atomic E-state index is 13.2. The number of halogens is 1. The molecule has 20 heavy (non-hydrogen) atoms. The summed E-state index contributed by atoms with van der Waals surface area (Å²) in [5.41, 5.74) is -0.133. The number of rotatable bonds is 5. The Labute approximate surface area is 116 Å². The molecule has 0 aliphatic heterocycles. The summed E-state index contributed by atoms with van der Waals surface area (Å²) in [4.78, 5) is 20.8. The average molecular weight is 297 g/mol. The maximum absolute atomic E-state index is 13.2. The maximum Gasteiger partial charge on any atom is 0.349 e. The van der Waals surface area contributed by atoms with Gasteiger partial charge in [-0.05, 0) is 23.1 Å². The van der Waals surface area contributed by atoms with E-state index in [2.05, 4.69) is 0 Å². The van der Waals surface area contributed by atoms with Crippen molar-refractivity contribution >= 4 is 23.0 Å². The van der Waals surface area contributed by atoms with Crippen LogP contribution in [0, 0.1) is 15.9 Å². The van der Waals surface area contributed by atoms with Crippen molar-refractivity contribution < 1.29 is 24.0 Å². The highest BCUT2D eigenvalue weighted by molar-refractivity contribution is 7.12. The Bertz CT molecular complexity index is 670. The van der Waals surface area contributed by atoms with Gasteiger partial charge in [0.25, 0.3) is 5.69 Å². The first-order valence-electron chi connectivity index (χ1n) is 5.35. The van der Waals surface area contributed by atoms with Gasteiger partial charge in [-0.2, -0.15) is 0 Å². The molecule has 0 fully saturated rings. The van der Waals surface area contributed by atoms with E-state index in [9.17, 15) is 19.3 Å². The molecular formula is C12H8FNO5S. The van der Waals surface area contributed by atoms with Gasteiger partial charge in [-0.25, -0.2) is 9.18 Å². The Morgan fingerprint density at radius 3 is 2.85 bits per heavy atom. The fraction of sp³-hybridized carbons (Fsp3) is 0.0833. The van der Waals surface area contributed by atoms with Gasteiger partial charge in [0.1, 0.15) is 18.2 Å². The lowest BCUT2D eigenvalue weighted by Gasteiger charge is -2.05. The second kappa shape index (κ2) is 5.66. The Morgan fingerprint density at radius 2 is 2.20 bits per heavy atom. The molecular weight excluding hydrogens is 289 g/mol. The number of non-ortho nitro benzene ring substituents is 1. The van der Waals surface area contributed by atoms with Gasteiger partial charge < -0.3 is 9.84 Å². The third-order valence-corrected chi connectivity index (χ3v) is 3.25. The Hall–Kier alpha value is -2.48. The van der Waals surface area contributed by atoms with Crippen LogP contribution in [0.15, 0.2) is 29.6 Å². The quantitative estimate of drug-likeness (QED) is 0.676. The number of benzene rings is 1. The molecule has 2 aromatic rings. The number of carboxylic acid groups (broad SMARTS) is 1. The molecule has 0 aliphatic rings. The average Bonchev–Trinajstić information content (AvgIpc) is 2.84. The molecule has 1 heterocycles.